The van der Waals surface area contributed by atoms with Crippen molar-refractivity contribution in [2.75, 3.05) is 25.4 Å². The van der Waals surface area contributed by atoms with Crippen molar-refractivity contribution >= 4 is 29.3 Å². The highest BCUT2D eigenvalue weighted by molar-refractivity contribution is 7.99. The molecule has 122 valence electrons. The van der Waals surface area contributed by atoms with Crippen LogP contribution in [0.3, 0.4) is 0 Å². The average molecular weight is 342 g/mol. The van der Waals surface area contributed by atoms with Crippen LogP contribution in [0.15, 0.2) is 23.1 Å². The van der Waals surface area contributed by atoms with Crippen LogP contribution in [-0.2, 0) is 0 Å². The third-order valence-electron chi connectivity index (χ3n) is 4.67. The fourth-order valence-electron chi connectivity index (χ4n) is 2.93. The number of thioether (sulfide) groups is 1. The summed E-state index contributed by atoms with van der Waals surface area (Å²) >= 11 is 7.74. The molecule has 1 aromatic carbocycles. The van der Waals surface area contributed by atoms with Crippen LogP contribution in [0.1, 0.15) is 43.5 Å². The summed E-state index contributed by atoms with van der Waals surface area (Å²) in [6.07, 6.45) is 2.69. The lowest BCUT2D eigenvalue weighted by molar-refractivity contribution is 0.0336. The summed E-state index contributed by atoms with van der Waals surface area (Å²) in [5, 5.41) is 10.2. The second-order valence-electron chi connectivity index (χ2n) is 5.88. The van der Waals surface area contributed by atoms with Crippen LogP contribution in [0.5, 0.6) is 0 Å². The molecule has 0 spiro atoms. The zero-order valence-corrected chi connectivity index (χ0v) is 14.8. The van der Waals surface area contributed by atoms with Gasteiger partial charge in [-0.15, -0.1) is 11.8 Å². The van der Waals surface area contributed by atoms with Gasteiger partial charge in [0.2, 0.25) is 0 Å². The van der Waals surface area contributed by atoms with Crippen molar-refractivity contribution in [3.8, 4) is 0 Å². The van der Waals surface area contributed by atoms with E-state index in [-0.39, 0.29) is 17.9 Å². The quantitative estimate of drug-likeness (QED) is 0.820. The second kappa shape index (κ2) is 7.71. The predicted octanol–water partition coefficient (Wildman–Crippen LogP) is 4.08. The number of aliphatic hydroxyl groups excluding tert-OH is 1. The van der Waals surface area contributed by atoms with E-state index in [2.05, 4.69) is 13.8 Å². The maximum atomic E-state index is 12.8. The van der Waals surface area contributed by atoms with Crippen LogP contribution < -0.4 is 0 Å². The minimum Gasteiger partial charge on any atom is -0.396 e. The van der Waals surface area contributed by atoms with Gasteiger partial charge in [0.25, 0.3) is 5.91 Å². The zero-order valence-electron chi connectivity index (χ0n) is 13.3. The van der Waals surface area contributed by atoms with Crippen LogP contribution in [0.4, 0.5) is 0 Å². The highest BCUT2D eigenvalue weighted by atomic mass is 35.5. The fourth-order valence-corrected chi connectivity index (χ4v) is 3.88. The Morgan fingerprint density at radius 1 is 1.36 bits per heavy atom. The van der Waals surface area contributed by atoms with E-state index in [1.807, 2.05) is 17.0 Å². The number of benzene rings is 1. The SMILES string of the molecule is CCSc1ccc(Cl)cc1C(=O)N1CCC(CC)(CO)CC1. The Kier molecular flexibility index (Phi) is 6.18. The Balaban J connectivity index is 2.14. The molecule has 5 heteroatoms. The lowest BCUT2D eigenvalue weighted by Gasteiger charge is -2.40. The number of aliphatic hydroxyl groups is 1. The van der Waals surface area contributed by atoms with Gasteiger partial charge in [0.1, 0.15) is 0 Å². The molecule has 1 aliphatic heterocycles. The van der Waals surface area contributed by atoms with Gasteiger partial charge in [-0.05, 0) is 48.6 Å². The standard InChI is InChI=1S/C17H24ClNO2S/c1-3-17(12-20)7-9-19(10-8-17)16(21)14-11-13(18)5-6-15(14)22-4-2/h5-6,11,20H,3-4,7-10,12H2,1-2H3. The smallest absolute Gasteiger partial charge is 0.255 e. The van der Waals surface area contributed by atoms with E-state index in [4.69, 9.17) is 11.6 Å². The number of rotatable bonds is 5. The topological polar surface area (TPSA) is 40.5 Å². The maximum Gasteiger partial charge on any atom is 0.255 e. The molecular formula is C17H24ClNO2S. The highest BCUT2D eigenvalue weighted by Gasteiger charge is 2.34. The molecule has 1 amide bonds. The minimum absolute atomic E-state index is 0.00783. The number of amides is 1. The summed E-state index contributed by atoms with van der Waals surface area (Å²) in [7, 11) is 0. The van der Waals surface area contributed by atoms with Crippen molar-refractivity contribution in [3.63, 3.8) is 0 Å². The van der Waals surface area contributed by atoms with Crippen molar-refractivity contribution < 1.29 is 9.90 Å². The van der Waals surface area contributed by atoms with E-state index in [1.54, 1.807) is 17.8 Å². The van der Waals surface area contributed by atoms with Crippen LogP contribution in [0.2, 0.25) is 5.02 Å². The molecule has 3 nitrogen and oxygen atoms in total. The summed E-state index contributed by atoms with van der Waals surface area (Å²) < 4.78 is 0. The van der Waals surface area contributed by atoms with Crippen LogP contribution in [0, 0.1) is 5.41 Å². The molecule has 1 aliphatic rings. The van der Waals surface area contributed by atoms with Gasteiger partial charge in [0, 0.05) is 29.6 Å². The van der Waals surface area contributed by atoms with Crippen LogP contribution in [0.25, 0.3) is 0 Å². The number of hydrogen-bond donors (Lipinski definition) is 1. The molecule has 1 N–H and O–H groups in total. The molecule has 0 atom stereocenters. The molecule has 0 radical (unpaired) electrons. The van der Waals surface area contributed by atoms with E-state index in [0.29, 0.717) is 23.7 Å². The van der Waals surface area contributed by atoms with E-state index >= 15 is 0 Å². The predicted molar refractivity (Wildman–Crippen MR) is 92.8 cm³/mol. The molecule has 2 rings (SSSR count). The van der Waals surface area contributed by atoms with Gasteiger partial charge in [0.15, 0.2) is 0 Å². The van der Waals surface area contributed by atoms with Gasteiger partial charge >= 0.3 is 0 Å². The van der Waals surface area contributed by atoms with Crippen LogP contribution >= 0.6 is 23.4 Å². The summed E-state index contributed by atoms with van der Waals surface area (Å²) in [4.78, 5) is 15.7. The number of halogens is 1. The first-order valence-corrected chi connectivity index (χ1v) is 9.24. The largest absolute Gasteiger partial charge is 0.396 e. The lowest BCUT2D eigenvalue weighted by Crippen LogP contribution is -2.44. The van der Waals surface area contributed by atoms with Crippen molar-refractivity contribution in [1.82, 2.24) is 4.90 Å². The number of carbonyl (C=O) groups excluding carboxylic acids is 1. The van der Waals surface area contributed by atoms with Gasteiger partial charge in [-0.25, -0.2) is 0 Å². The monoisotopic (exact) mass is 341 g/mol. The van der Waals surface area contributed by atoms with Gasteiger partial charge < -0.3 is 10.0 Å². The molecular weight excluding hydrogens is 318 g/mol. The number of piperidine rings is 1. The summed E-state index contributed by atoms with van der Waals surface area (Å²) in [6, 6.07) is 5.54. The average Bonchev–Trinajstić information content (AvgIpc) is 2.56. The zero-order chi connectivity index (χ0) is 16.2. The highest BCUT2D eigenvalue weighted by Crippen LogP contribution is 2.35. The Labute approximate surface area is 142 Å². The van der Waals surface area contributed by atoms with E-state index < -0.39 is 0 Å². The van der Waals surface area contributed by atoms with E-state index in [0.717, 1.165) is 29.9 Å². The third kappa shape index (κ3) is 3.79. The van der Waals surface area contributed by atoms with Gasteiger partial charge in [-0.2, -0.15) is 0 Å². The number of hydrogen-bond acceptors (Lipinski definition) is 3. The first kappa shape index (κ1) is 17.6. The minimum atomic E-state index is -0.00783. The molecule has 0 aliphatic carbocycles. The third-order valence-corrected chi connectivity index (χ3v) is 5.86. The molecule has 1 heterocycles. The molecule has 0 aromatic heterocycles. The number of nitrogens with zero attached hydrogens (tertiary/aromatic N) is 1. The van der Waals surface area contributed by atoms with Gasteiger partial charge in [-0.3, -0.25) is 4.79 Å². The summed E-state index contributed by atoms with van der Waals surface area (Å²) in [5.74, 6) is 0.979. The molecule has 0 bridgehead atoms. The summed E-state index contributed by atoms with van der Waals surface area (Å²) in [5.41, 5.74) is 0.693. The lowest BCUT2D eigenvalue weighted by atomic mass is 9.77. The van der Waals surface area contributed by atoms with Gasteiger partial charge in [0.05, 0.1) is 5.56 Å². The number of likely N-dealkylation sites (tertiary alicyclic amines) is 1. The molecule has 1 saturated heterocycles. The molecule has 1 fully saturated rings. The first-order chi connectivity index (χ1) is 10.5. The molecule has 0 saturated carbocycles. The van der Waals surface area contributed by atoms with Crippen molar-refractivity contribution in [2.24, 2.45) is 5.41 Å². The fraction of sp³-hybridized carbons (Fsp3) is 0.588. The Bertz CT molecular complexity index is 521. The van der Waals surface area contributed by atoms with Crippen molar-refractivity contribution in [1.29, 1.82) is 0 Å². The first-order valence-electron chi connectivity index (χ1n) is 7.87. The van der Waals surface area contributed by atoms with Crippen molar-refractivity contribution in [2.45, 2.75) is 38.0 Å². The Hall–Kier alpha value is -0.710. The summed E-state index contributed by atoms with van der Waals surface area (Å²) in [6.45, 7) is 5.80. The Morgan fingerprint density at radius 3 is 2.59 bits per heavy atom. The Morgan fingerprint density at radius 2 is 2.05 bits per heavy atom. The van der Waals surface area contributed by atoms with E-state index in [1.165, 1.54) is 0 Å². The van der Waals surface area contributed by atoms with E-state index in [9.17, 15) is 9.90 Å². The van der Waals surface area contributed by atoms with Crippen LogP contribution in [-0.4, -0.2) is 41.4 Å². The molecule has 22 heavy (non-hydrogen) atoms. The normalized spacial score (nSPS) is 17.5. The maximum absolute atomic E-state index is 12.8. The molecule has 0 unspecified atom stereocenters. The van der Waals surface area contributed by atoms with Gasteiger partial charge in [-0.1, -0.05) is 25.4 Å². The number of carbonyl (C=O) groups is 1. The van der Waals surface area contributed by atoms with Crippen molar-refractivity contribution in [3.05, 3.63) is 28.8 Å². The molecule has 1 aromatic rings. The second-order valence-corrected chi connectivity index (χ2v) is 7.62.